The molecule has 50 heavy (non-hydrogen) atoms. The largest absolute Gasteiger partial charge is 0.135 e. The summed E-state index contributed by atoms with van der Waals surface area (Å²) in [5.74, 6) is 0. The summed E-state index contributed by atoms with van der Waals surface area (Å²) < 4.78 is 2.65. The maximum absolute atomic E-state index is 4.79. The minimum Gasteiger partial charge on any atom is -0.135 e. The minimum absolute atomic E-state index is 1.03. The van der Waals surface area contributed by atoms with Crippen LogP contribution in [0.25, 0.3) is 98.9 Å². The van der Waals surface area contributed by atoms with Gasteiger partial charge in [0.15, 0.2) is 0 Å². The molecule has 0 spiro atoms. The third-order valence-electron chi connectivity index (χ3n) is 9.95. The Bertz CT molecular complexity index is 2880. The highest BCUT2D eigenvalue weighted by molar-refractivity contribution is 7.25. The highest BCUT2D eigenvalue weighted by Crippen LogP contribution is 2.38. The second-order valence-electron chi connectivity index (χ2n) is 12.9. The van der Waals surface area contributed by atoms with Gasteiger partial charge in [0.05, 0.1) is 0 Å². The zero-order chi connectivity index (χ0) is 33.6. The first-order chi connectivity index (χ1) is 24.7. The molecule has 0 radical (unpaired) electrons. The standard InChI is InChI=1S/C49H34S/c1-3-4-17-39-32(2)48(38-16-11-15-36(30-38)37-28-29-47-45(31-37)42-19-9-10-23-46(42)50-47)43-20-7-8-21-44(43)49(39)35-26-24-34(25-27-35)41-22-12-14-33-13-5-6-18-40(33)41/h3-31H,2H2,1H3/b4-3-,39-17+. The maximum Gasteiger partial charge on any atom is 0.0355 e. The first-order valence-corrected chi connectivity index (χ1v) is 18.0. The molecular formula is C49H34S. The molecule has 1 heterocycles. The summed E-state index contributed by atoms with van der Waals surface area (Å²) in [6, 6.07) is 57.6. The third kappa shape index (κ3) is 5.06. The van der Waals surface area contributed by atoms with Gasteiger partial charge in [0, 0.05) is 20.2 Å². The van der Waals surface area contributed by atoms with E-state index in [9.17, 15) is 0 Å². The Morgan fingerprint density at radius 3 is 1.88 bits per heavy atom. The number of hydrogen-bond donors (Lipinski definition) is 0. The Kier molecular flexibility index (Phi) is 7.49. The van der Waals surface area contributed by atoms with Crippen LogP contribution in [0.15, 0.2) is 170 Å². The third-order valence-corrected chi connectivity index (χ3v) is 11.1. The summed E-state index contributed by atoms with van der Waals surface area (Å²) in [4.78, 5) is 0. The molecule has 1 aromatic heterocycles. The Morgan fingerprint density at radius 1 is 0.460 bits per heavy atom. The molecule has 0 nitrogen and oxygen atoms in total. The number of thiophene rings is 1. The summed E-state index contributed by atoms with van der Waals surface area (Å²) in [5.41, 5.74) is 9.63. The van der Waals surface area contributed by atoms with Crippen LogP contribution >= 0.6 is 11.3 Å². The topological polar surface area (TPSA) is 0 Å². The van der Waals surface area contributed by atoms with Gasteiger partial charge in [0.1, 0.15) is 0 Å². The molecule has 0 aliphatic heterocycles. The predicted octanol–water partition coefficient (Wildman–Crippen LogP) is 12.8. The summed E-state index contributed by atoms with van der Waals surface area (Å²) in [6.07, 6.45) is 6.45. The molecule has 0 bridgehead atoms. The Hall–Kier alpha value is -6.02. The van der Waals surface area contributed by atoms with E-state index in [1.807, 2.05) is 11.3 Å². The van der Waals surface area contributed by atoms with Gasteiger partial charge in [-0.15, -0.1) is 11.3 Å². The van der Waals surface area contributed by atoms with Gasteiger partial charge >= 0.3 is 0 Å². The first-order valence-electron chi connectivity index (χ1n) is 17.2. The number of benzene rings is 8. The molecule has 0 aliphatic rings. The first kappa shape index (κ1) is 30.1. The van der Waals surface area contributed by atoms with Gasteiger partial charge in [0.2, 0.25) is 0 Å². The Morgan fingerprint density at radius 2 is 1.06 bits per heavy atom. The fourth-order valence-corrected chi connectivity index (χ4v) is 8.67. The SMILES string of the molecule is C=c1c(-c2cccc(-c3ccc4sc5ccccc5c4c3)c2)c2ccccc2c(-c2ccc(-c3cccc4ccccc34)cc2)/c1=C/C=C\C. The van der Waals surface area contributed by atoms with E-state index in [1.165, 1.54) is 86.2 Å². The number of fused-ring (bicyclic) bond motifs is 5. The summed E-state index contributed by atoms with van der Waals surface area (Å²) >= 11 is 1.86. The van der Waals surface area contributed by atoms with Crippen molar-refractivity contribution in [2.75, 3.05) is 0 Å². The van der Waals surface area contributed by atoms with Crippen molar-refractivity contribution in [2.45, 2.75) is 6.92 Å². The summed E-state index contributed by atoms with van der Waals surface area (Å²) in [6.45, 7) is 6.86. The fraction of sp³-hybridized carbons (Fsp3) is 0.0204. The molecule has 0 saturated heterocycles. The lowest BCUT2D eigenvalue weighted by molar-refractivity contribution is 1.52. The molecule has 0 atom stereocenters. The normalized spacial score (nSPS) is 12.2. The molecular weight excluding hydrogens is 621 g/mol. The van der Waals surface area contributed by atoms with Gasteiger partial charge in [-0.25, -0.2) is 0 Å². The fourth-order valence-electron chi connectivity index (χ4n) is 7.58. The molecule has 9 aromatic rings. The zero-order valence-electron chi connectivity index (χ0n) is 27.9. The summed E-state index contributed by atoms with van der Waals surface area (Å²) in [5, 5.41) is 9.77. The molecule has 0 fully saturated rings. The predicted molar refractivity (Wildman–Crippen MR) is 220 cm³/mol. The van der Waals surface area contributed by atoms with Gasteiger partial charge in [-0.3, -0.25) is 0 Å². The lowest BCUT2D eigenvalue weighted by Gasteiger charge is -2.16. The summed E-state index contributed by atoms with van der Waals surface area (Å²) in [7, 11) is 0. The lowest BCUT2D eigenvalue weighted by atomic mass is 9.87. The van der Waals surface area contributed by atoms with E-state index in [0.29, 0.717) is 0 Å². The second-order valence-corrected chi connectivity index (χ2v) is 14.0. The van der Waals surface area contributed by atoms with Crippen LogP contribution in [0.4, 0.5) is 0 Å². The average molecular weight is 655 g/mol. The molecule has 0 saturated carbocycles. The maximum atomic E-state index is 4.79. The molecule has 9 rings (SSSR count). The molecule has 8 aromatic carbocycles. The van der Waals surface area contributed by atoms with E-state index in [1.54, 1.807) is 0 Å². The van der Waals surface area contributed by atoms with Crippen molar-refractivity contribution >= 4 is 65.7 Å². The van der Waals surface area contributed by atoms with Gasteiger partial charge in [-0.05, 0) is 108 Å². The number of allylic oxidation sites excluding steroid dienone is 2. The van der Waals surface area contributed by atoms with Crippen molar-refractivity contribution in [1.82, 2.24) is 0 Å². The van der Waals surface area contributed by atoms with Crippen LogP contribution < -0.4 is 10.4 Å². The molecule has 0 unspecified atom stereocenters. The monoisotopic (exact) mass is 654 g/mol. The van der Waals surface area contributed by atoms with Crippen molar-refractivity contribution in [1.29, 1.82) is 0 Å². The number of rotatable bonds is 5. The quantitative estimate of drug-likeness (QED) is 0.173. The van der Waals surface area contributed by atoms with Crippen LogP contribution in [0.3, 0.4) is 0 Å². The average Bonchev–Trinajstić information content (AvgIpc) is 3.55. The van der Waals surface area contributed by atoms with Crippen LogP contribution in [-0.2, 0) is 0 Å². The van der Waals surface area contributed by atoms with E-state index >= 15 is 0 Å². The van der Waals surface area contributed by atoms with E-state index < -0.39 is 0 Å². The van der Waals surface area contributed by atoms with E-state index in [4.69, 9.17) is 6.58 Å². The highest BCUT2D eigenvalue weighted by atomic mass is 32.1. The van der Waals surface area contributed by atoms with Crippen molar-refractivity contribution in [3.63, 3.8) is 0 Å². The van der Waals surface area contributed by atoms with E-state index in [-0.39, 0.29) is 0 Å². The van der Waals surface area contributed by atoms with E-state index in [0.717, 1.165) is 10.4 Å². The van der Waals surface area contributed by atoms with Crippen LogP contribution in [-0.4, -0.2) is 0 Å². The molecule has 236 valence electrons. The Balaban J connectivity index is 1.21. The van der Waals surface area contributed by atoms with Gasteiger partial charge in [-0.1, -0.05) is 158 Å². The van der Waals surface area contributed by atoms with Gasteiger partial charge < -0.3 is 0 Å². The molecule has 0 aliphatic carbocycles. The molecule has 0 amide bonds. The van der Waals surface area contributed by atoms with Gasteiger partial charge in [0.25, 0.3) is 0 Å². The zero-order valence-corrected chi connectivity index (χ0v) is 28.7. The van der Waals surface area contributed by atoms with Crippen molar-refractivity contribution < 1.29 is 0 Å². The van der Waals surface area contributed by atoms with Crippen molar-refractivity contribution in [2.24, 2.45) is 0 Å². The molecule has 0 N–H and O–H groups in total. The van der Waals surface area contributed by atoms with Crippen molar-refractivity contribution in [3.05, 3.63) is 180 Å². The Labute approximate surface area is 296 Å². The molecule has 1 heteroatoms. The van der Waals surface area contributed by atoms with Gasteiger partial charge in [-0.2, -0.15) is 0 Å². The minimum atomic E-state index is 1.03. The van der Waals surface area contributed by atoms with Crippen LogP contribution in [0.1, 0.15) is 6.92 Å². The lowest BCUT2D eigenvalue weighted by Crippen LogP contribution is -2.28. The van der Waals surface area contributed by atoms with E-state index in [2.05, 4.69) is 183 Å². The smallest absolute Gasteiger partial charge is 0.0355 e. The number of hydrogen-bond acceptors (Lipinski definition) is 1. The highest BCUT2D eigenvalue weighted by Gasteiger charge is 2.15. The van der Waals surface area contributed by atoms with Crippen LogP contribution in [0.2, 0.25) is 0 Å². The van der Waals surface area contributed by atoms with Crippen LogP contribution in [0.5, 0.6) is 0 Å². The second kappa shape index (κ2) is 12.5. The van der Waals surface area contributed by atoms with Crippen LogP contribution in [0, 0.1) is 0 Å². The van der Waals surface area contributed by atoms with Crippen molar-refractivity contribution in [3.8, 4) is 44.5 Å².